The molecule has 0 spiro atoms. The van der Waals surface area contributed by atoms with Crippen molar-refractivity contribution in [3.63, 3.8) is 0 Å². The molecule has 0 aliphatic heterocycles. The lowest BCUT2D eigenvalue weighted by atomic mass is 10.1. The highest BCUT2D eigenvalue weighted by molar-refractivity contribution is 6.99. The summed E-state index contributed by atoms with van der Waals surface area (Å²) in [5, 5.41) is 2.71. The second-order valence-electron chi connectivity index (χ2n) is 11.8. The molecule has 0 aromatic heterocycles. The highest BCUT2D eigenvalue weighted by Gasteiger charge is 2.51. The third-order valence-corrected chi connectivity index (χ3v) is 12.8. The van der Waals surface area contributed by atoms with Gasteiger partial charge >= 0.3 is 5.97 Å². The average Bonchev–Trinajstić information content (AvgIpc) is 2.94. The molecule has 39 heavy (non-hydrogen) atoms. The molecule has 0 bridgehead atoms. The molecule has 2 rings (SSSR count). The molecule has 0 saturated heterocycles. The largest absolute Gasteiger partial charge is 0.469 e. The first-order valence-electron chi connectivity index (χ1n) is 15.4. The lowest BCUT2D eigenvalue weighted by Gasteiger charge is -2.45. The van der Waals surface area contributed by atoms with E-state index in [0.717, 1.165) is 32.1 Å². The number of rotatable bonds is 19. The number of hydrogen-bond acceptors (Lipinski definition) is 3. The van der Waals surface area contributed by atoms with E-state index < -0.39 is 8.32 Å². The molecule has 0 fully saturated rings. The van der Waals surface area contributed by atoms with Crippen molar-refractivity contribution >= 4 is 24.7 Å². The normalized spacial score (nSPS) is 13.1. The molecule has 0 aliphatic rings. The molecule has 4 heteroatoms. The van der Waals surface area contributed by atoms with Crippen molar-refractivity contribution < 1.29 is 14.0 Å². The van der Waals surface area contributed by atoms with Crippen molar-refractivity contribution in [2.24, 2.45) is 0 Å². The molecule has 216 valence electrons. The summed E-state index contributed by atoms with van der Waals surface area (Å²) in [6, 6.07) is 22.1. The van der Waals surface area contributed by atoms with Crippen LogP contribution in [0.15, 0.2) is 72.8 Å². The maximum absolute atomic E-state index is 11.2. The summed E-state index contributed by atoms with van der Waals surface area (Å²) in [7, 11) is -1.09. The highest BCUT2D eigenvalue weighted by atomic mass is 28.4. The number of carbonyl (C=O) groups excluding carboxylic acids is 1. The maximum atomic E-state index is 11.2. The Morgan fingerprint density at radius 3 is 1.92 bits per heavy atom. The van der Waals surface area contributed by atoms with Gasteiger partial charge in [-0.15, -0.1) is 0 Å². The minimum atomic E-state index is -2.55. The van der Waals surface area contributed by atoms with Crippen LogP contribution in [-0.4, -0.2) is 27.5 Å². The van der Waals surface area contributed by atoms with Crippen LogP contribution in [0.1, 0.15) is 111 Å². The molecule has 2 aromatic carbocycles. The van der Waals surface area contributed by atoms with Crippen LogP contribution < -0.4 is 10.4 Å². The first-order chi connectivity index (χ1) is 18.8. The van der Waals surface area contributed by atoms with Gasteiger partial charge in [0.2, 0.25) is 0 Å². The zero-order valence-electron chi connectivity index (χ0n) is 25.4. The Bertz CT molecular complexity index is 894. The zero-order chi connectivity index (χ0) is 28.4. The molecule has 1 unspecified atom stereocenters. The van der Waals surface area contributed by atoms with E-state index in [1.165, 1.54) is 62.4 Å². The van der Waals surface area contributed by atoms with Gasteiger partial charge in [0, 0.05) is 12.5 Å². The Kier molecular flexibility index (Phi) is 15.4. The minimum Gasteiger partial charge on any atom is -0.469 e. The van der Waals surface area contributed by atoms with Gasteiger partial charge in [0.15, 0.2) is 0 Å². The molecule has 0 radical (unpaired) electrons. The van der Waals surface area contributed by atoms with Gasteiger partial charge in [-0.25, -0.2) is 0 Å². The molecule has 0 heterocycles. The Labute approximate surface area is 240 Å². The fourth-order valence-corrected chi connectivity index (χ4v) is 10.2. The average molecular weight is 551 g/mol. The third-order valence-electron chi connectivity index (χ3n) is 7.68. The third kappa shape index (κ3) is 11.1. The van der Waals surface area contributed by atoms with Gasteiger partial charge in [-0.05, 0) is 47.5 Å². The van der Waals surface area contributed by atoms with Crippen molar-refractivity contribution in [1.29, 1.82) is 0 Å². The van der Waals surface area contributed by atoms with E-state index >= 15 is 0 Å². The van der Waals surface area contributed by atoms with Crippen LogP contribution in [0.25, 0.3) is 0 Å². The van der Waals surface area contributed by atoms with Crippen molar-refractivity contribution in [1.82, 2.24) is 0 Å². The van der Waals surface area contributed by atoms with E-state index in [4.69, 9.17) is 9.16 Å². The smallest absolute Gasteiger partial charge is 0.305 e. The van der Waals surface area contributed by atoms with Gasteiger partial charge < -0.3 is 9.16 Å². The van der Waals surface area contributed by atoms with E-state index in [1.807, 2.05) is 0 Å². The highest BCUT2D eigenvalue weighted by Crippen LogP contribution is 2.38. The van der Waals surface area contributed by atoms with Gasteiger partial charge in [-0.1, -0.05) is 145 Å². The van der Waals surface area contributed by atoms with Crippen molar-refractivity contribution in [3.05, 3.63) is 72.8 Å². The molecular weight excluding hydrogens is 496 g/mol. The molecular formula is C35H54O3Si. The number of ether oxygens (including phenoxy) is 1. The van der Waals surface area contributed by atoms with Crippen LogP contribution in [0.4, 0.5) is 0 Å². The van der Waals surface area contributed by atoms with Crippen molar-refractivity contribution in [2.45, 2.75) is 122 Å². The van der Waals surface area contributed by atoms with Gasteiger partial charge in [-0.2, -0.15) is 0 Å². The van der Waals surface area contributed by atoms with Gasteiger partial charge in [0.25, 0.3) is 8.32 Å². The van der Waals surface area contributed by atoms with Crippen molar-refractivity contribution in [3.8, 4) is 0 Å². The van der Waals surface area contributed by atoms with E-state index in [-0.39, 0.29) is 17.1 Å². The summed E-state index contributed by atoms with van der Waals surface area (Å²) < 4.78 is 12.2. The zero-order valence-corrected chi connectivity index (χ0v) is 26.4. The topological polar surface area (TPSA) is 35.5 Å². The van der Waals surface area contributed by atoms with Gasteiger partial charge in [-0.3, -0.25) is 4.79 Å². The molecule has 3 nitrogen and oxygen atoms in total. The number of benzene rings is 2. The number of allylic oxidation sites excluding steroid dienone is 1. The van der Waals surface area contributed by atoms with E-state index in [0.29, 0.717) is 6.42 Å². The molecule has 2 aromatic rings. The van der Waals surface area contributed by atoms with E-state index in [2.05, 4.69) is 101 Å². The fourth-order valence-electron chi connectivity index (χ4n) is 5.49. The van der Waals surface area contributed by atoms with Crippen LogP contribution in [0.2, 0.25) is 5.04 Å². The Morgan fingerprint density at radius 1 is 0.795 bits per heavy atom. The predicted molar refractivity (Wildman–Crippen MR) is 169 cm³/mol. The number of carbonyl (C=O) groups is 1. The quantitative estimate of drug-likeness (QED) is 0.0759. The lowest BCUT2D eigenvalue weighted by molar-refractivity contribution is -0.140. The summed E-state index contributed by atoms with van der Waals surface area (Å²) in [6.45, 7) is 9.38. The summed E-state index contributed by atoms with van der Waals surface area (Å²) in [6.07, 6.45) is 19.3. The molecule has 0 aliphatic carbocycles. The van der Waals surface area contributed by atoms with E-state index in [1.54, 1.807) is 0 Å². The van der Waals surface area contributed by atoms with Crippen LogP contribution in [-0.2, 0) is 14.0 Å². The SMILES string of the molecule is CCCCCCC(CC=CCCCCCCCC(=O)OC)O[Si](c1ccccc1)(c1ccccc1)C(C)(C)C. The first kappa shape index (κ1) is 33.0. The number of hydrogen-bond donors (Lipinski definition) is 0. The van der Waals surface area contributed by atoms with E-state index in [9.17, 15) is 4.79 Å². The maximum Gasteiger partial charge on any atom is 0.305 e. The molecule has 1 atom stereocenters. The fraction of sp³-hybridized carbons (Fsp3) is 0.571. The molecule has 0 N–H and O–H groups in total. The number of unbranched alkanes of at least 4 members (excludes halogenated alkanes) is 8. The Morgan fingerprint density at radius 2 is 1.36 bits per heavy atom. The Balaban J connectivity index is 2.11. The van der Waals surface area contributed by atoms with Crippen LogP contribution in [0.3, 0.4) is 0 Å². The van der Waals surface area contributed by atoms with Gasteiger partial charge in [0.05, 0.1) is 7.11 Å². The number of methoxy groups -OCH3 is 1. The summed E-state index contributed by atoms with van der Waals surface area (Å²) in [5.74, 6) is -0.0949. The number of esters is 1. The van der Waals surface area contributed by atoms with Crippen molar-refractivity contribution in [2.75, 3.05) is 7.11 Å². The lowest BCUT2D eigenvalue weighted by Crippen LogP contribution is -2.67. The second kappa shape index (κ2) is 18.2. The monoisotopic (exact) mass is 550 g/mol. The summed E-state index contributed by atoms with van der Waals surface area (Å²) in [4.78, 5) is 11.2. The summed E-state index contributed by atoms with van der Waals surface area (Å²) >= 11 is 0. The second-order valence-corrected chi connectivity index (χ2v) is 16.1. The van der Waals surface area contributed by atoms with Crippen LogP contribution in [0, 0.1) is 0 Å². The standard InChI is InChI=1S/C35H54O3Si/c1-6-7-8-17-24-31(25-18-13-11-9-10-12-14-23-30-34(36)37-5)38-39(35(2,3)4,32-26-19-15-20-27-32)33-28-21-16-22-29-33/h13,15-16,18-22,26-29,31H,6-12,14,17,23-25,30H2,1-5H3. The predicted octanol–water partition coefficient (Wildman–Crippen LogP) is 8.75. The van der Waals surface area contributed by atoms with Gasteiger partial charge in [0.1, 0.15) is 0 Å². The summed E-state index contributed by atoms with van der Waals surface area (Å²) in [5.41, 5.74) is 0. The first-order valence-corrected chi connectivity index (χ1v) is 17.3. The minimum absolute atomic E-state index is 0.00500. The van der Waals surface area contributed by atoms with Crippen LogP contribution in [0.5, 0.6) is 0 Å². The van der Waals surface area contributed by atoms with Crippen LogP contribution >= 0.6 is 0 Å². The molecule has 0 saturated carbocycles. The molecule has 0 amide bonds. The Hall–Kier alpha value is -2.17.